The molecule has 3 rings (SSSR count). The number of aromatic nitrogens is 1. The third-order valence-corrected chi connectivity index (χ3v) is 3.86. The van der Waals surface area contributed by atoms with Crippen LogP contribution in [0.1, 0.15) is 36.9 Å². The molecule has 1 unspecified atom stereocenters. The molecule has 1 aromatic heterocycles. The van der Waals surface area contributed by atoms with Crippen LogP contribution in [-0.4, -0.2) is 17.6 Å². The highest BCUT2D eigenvalue weighted by Gasteiger charge is 2.24. The summed E-state index contributed by atoms with van der Waals surface area (Å²) in [6.45, 7) is 2.95. The van der Waals surface area contributed by atoms with Crippen LogP contribution >= 0.6 is 11.6 Å². The van der Waals surface area contributed by atoms with Gasteiger partial charge < -0.3 is 10.1 Å². The lowest BCUT2D eigenvalue weighted by Gasteiger charge is -2.20. The first-order chi connectivity index (χ1) is 10.3. The molecule has 0 saturated heterocycles. The average molecular weight is 303 g/mol. The number of ether oxygens (including phenoxy) is 1. The van der Waals surface area contributed by atoms with Gasteiger partial charge in [-0.3, -0.25) is 4.98 Å². The highest BCUT2D eigenvalue weighted by molar-refractivity contribution is 6.31. The van der Waals surface area contributed by atoms with E-state index in [1.54, 1.807) is 12.4 Å². The molecule has 0 bridgehead atoms. The second kappa shape index (κ2) is 6.46. The molecule has 4 heteroatoms. The standard InChI is InChI=1S/C17H19ClN2O/c1-2-20-17(15-8-9-19-11-16(15)18)12-4-3-5-14(10-12)21-13-6-7-13/h3-5,8-11,13,17,20H,2,6-7H2,1H3. The molecule has 0 radical (unpaired) electrons. The first kappa shape index (κ1) is 14.4. The van der Waals surface area contributed by atoms with Crippen LogP contribution in [0.2, 0.25) is 5.02 Å². The van der Waals surface area contributed by atoms with E-state index in [4.69, 9.17) is 16.3 Å². The van der Waals surface area contributed by atoms with Crippen LogP contribution < -0.4 is 10.1 Å². The second-order valence-corrected chi connectivity index (χ2v) is 5.68. The summed E-state index contributed by atoms with van der Waals surface area (Å²) in [6.07, 6.45) is 6.19. The quantitative estimate of drug-likeness (QED) is 0.876. The zero-order valence-electron chi connectivity index (χ0n) is 12.1. The molecule has 1 aliphatic carbocycles. The third kappa shape index (κ3) is 3.55. The Kier molecular flexibility index (Phi) is 4.42. The Balaban J connectivity index is 1.91. The number of hydrogen-bond donors (Lipinski definition) is 1. The van der Waals surface area contributed by atoms with E-state index in [0.717, 1.165) is 36.3 Å². The maximum absolute atomic E-state index is 6.30. The van der Waals surface area contributed by atoms with E-state index in [2.05, 4.69) is 29.4 Å². The maximum Gasteiger partial charge on any atom is 0.120 e. The molecule has 110 valence electrons. The van der Waals surface area contributed by atoms with Crippen molar-refractivity contribution in [2.24, 2.45) is 0 Å². The van der Waals surface area contributed by atoms with Gasteiger partial charge in [0.15, 0.2) is 0 Å². The summed E-state index contributed by atoms with van der Waals surface area (Å²) >= 11 is 6.30. The first-order valence-electron chi connectivity index (χ1n) is 7.37. The van der Waals surface area contributed by atoms with E-state index in [0.29, 0.717) is 11.1 Å². The Labute approximate surface area is 130 Å². The number of halogens is 1. The summed E-state index contributed by atoms with van der Waals surface area (Å²) in [7, 11) is 0. The third-order valence-electron chi connectivity index (χ3n) is 3.54. The van der Waals surface area contributed by atoms with Gasteiger partial charge in [-0.2, -0.15) is 0 Å². The van der Waals surface area contributed by atoms with Crippen molar-refractivity contribution in [1.82, 2.24) is 10.3 Å². The van der Waals surface area contributed by atoms with Crippen LogP contribution in [0.5, 0.6) is 5.75 Å². The van der Waals surface area contributed by atoms with Crippen molar-refractivity contribution >= 4 is 11.6 Å². The van der Waals surface area contributed by atoms with Gasteiger partial charge in [-0.1, -0.05) is 30.7 Å². The van der Waals surface area contributed by atoms with E-state index in [-0.39, 0.29) is 6.04 Å². The van der Waals surface area contributed by atoms with Crippen molar-refractivity contribution in [1.29, 1.82) is 0 Å². The van der Waals surface area contributed by atoms with Gasteiger partial charge in [0.1, 0.15) is 5.75 Å². The lowest BCUT2D eigenvalue weighted by molar-refractivity contribution is 0.302. The van der Waals surface area contributed by atoms with Crippen LogP contribution in [0.4, 0.5) is 0 Å². The lowest BCUT2D eigenvalue weighted by Crippen LogP contribution is -2.22. The predicted molar refractivity (Wildman–Crippen MR) is 84.9 cm³/mol. The van der Waals surface area contributed by atoms with E-state index in [1.165, 1.54) is 0 Å². The van der Waals surface area contributed by atoms with Crippen molar-refractivity contribution in [2.75, 3.05) is 6.54 Å². The molecule has 21 heavy (non-hydrogen) atoms. The van der Waals surface area contributed by atoms with Crippen LogP contribution in [0.15, 0.2) is 42.7 Å². The average Bonchev–Trinajstić information content (AvgIpc) is 3.30. The molecule has 1 heterocycles. The van der Waals surface area contributed by atoms with E-state index < -0.39 is 0 Å². The van der Waals surface area contributed by atoms with Crippen molar-refractivity contribution in [3.05, 3.63) is 58.9 Å². The van der Waals surface area contributed by atoms with Gasteiger partial charge in [0, 0.05) is 12.4 Å². The summed E-state index contributed by atoms with van der Waals surface area (Å²) in [6, 6.07) is 10.3. The van der Waals surface area contributed by atoms with Gasteiger partial charge >= 0.3 is 0 Å². The predicted octanol–water partition coefficient (Wildman–Crippen LogP) is 3.98. The molecule has 1 N–H and O–H groups in total. The molecule has 1 aromatic carbocycles. The van der Waals surface area contributed by atoms with Gasteiger partial charge in [0.25, 0.3) is 0 Å². The van der Waals surface area contributed by atoms with Crippen LogP contribution in [-0.2, 0) is 0 Å². The Morgan fingerprint density at radius 3 is 2.95 bits per heavy atom. The molecular weight excluding hydrogens is 284 g/mol. The number of pyridine rings is 1. The number of hydrogen-bond acceptors (Lipinski definition) is 3. The molecule has 2 aromatic rings. The fourth-order valence-electron chi connectivity index (χ4n) is 2.38. The summed E-state index contributed by atoms with van der Waals surface area (Å²) in [4.78, 5) is 4.06. The zero-order valence-corrected chi connectivity index (χ0v) is 12.8. The number of nitrogens with zero attached hydrogens (tertiary/aromatic N) is 1. The Morgan fingerprint density at radius 1 is 1.38 bits per heavy atom. The summed E-state index contributed by atoms with van der Waals surface area (Å²) in [5.41, 5.74) is 2.19. The van der Waals surface area contributed by atoms with Crippen molar-refractivity contribution in [3.8, 4) is 5.75 Å². The minimum absolute atomic E-state index is 0.0493. The van der Waals surface area contributed by atoms with Gasteiger partial charge in [-0.15, -0.1) is 0 Å². The lowest BCUT2D eigenvalue weighted by atomic mass is 9.99. The monoisotopic (exact) mass is 302 g/mol. The van der Waals surface area contributed by atoms with Gasteiger partial charge in [-0.05, 0) is 48.7 Å². The van der Waals surface area contributed by atoms with Crippen LogP contribution in [0, 0.1) is 0 Å². The van der Waals surface area contributed by atoms with Crippen molar-refractivity contribution in [3.63, 3.8) is 0 Å². The van der Waals surface area contributed by atoms with Crippen LogP contribution in [0.3, 0.4) is 0 Å². The topological polar surface area (TPSA) is 34.1 Å². The molecule has 0 amide bonds. The van der Waals surface area contributed by atoms with E-state index in [9.17, 15) is 0 Å². The largest absolute Gasteiger partial charge is 0.490 e. The number of benzene rings is 1. The SMILES string of the molecule is CCNC(c1cccc(OC2CC2)c1)c1ccncc1Cl. The summed E-state index contributed by atoms with van der Waals surface area (Å²) < 4.78 is 5.89. The first-order valence-corrected chi connectivity index (χ1v) is 7.75. The highest BCUT2D eigenvalue weighted by Crippen LogP contribution is 2.31. The number of nitrogens with one attached hydrogen (secondary N) is 1. The normalized spacial score (nSPS) is 15.7. The van der Waals surface area contributed by atoms with Crippen molar-refractivity contribution in [2.45, 2.75) is 31.9 Å². The van der Waals surface area contributed by atoms with E-state index in [1.807, 2.05) is 18.2 Å². The fraction of sp³-hybridized carbons (Fsp3) is 0.353. The van der Waals surface area contributed by atoms with Gasteiger partial charge in [0.05, 0.1) is 17.2 Å². The van der Waals surface area contributed by atoms with Crippen LogP contribution in [0.25, 0.3) is 0 Å². The fourth-order valence-corrected chi connectivity index (χ4v) is 2.61. The molecule has 1 saturated carbocycles. The summed E-state index contributed by atoms with van der Waals surface area (Å²) in [5.74, 6) is 0.933. The smallest absolute Gasteiger partial charge is 0.120 e. The molecule has 1 atom stereocenters. The second-order valence-electron chi connectivity index (χ2n) is 5.28. The number of rotatable bonds is 6. The minimum atomic E-state index is 0.0493. The Bertz CT molecular complexity index is 613. The van der Waals surface area contributed by atoms with E-state index >= 15 is 0 Å². The Hall–Kier alpha value is -1.58. The van der Waals surface area contributed by atoms with Gasteiger partial charge in [-0.25, -0.2) is 0 Å². The zero-order chi connectivity index (χ0) is 14.7. The molecule has 0 spiro atoms. The molecule has 1 aliphatic rings. The molecule has 0 aliphatic heterocycles. The molecule has 1 fully saturated rings. The van der Waals surface area contributed by atoms with Gasteiger partial charge in [0.2, 0.25) is 0 Å². The molecular formula is C17H19ClN2O. The molecule has 3 nitrogen and oxygen atoms in total. The highest BCUT2D eigenvalue weighted by atomic mass is 35.5. The van der Waals surface area contributed by atoms with Crippen molar-refractivity contribution < 1.29 is 4.74 Å². The maximum atomic E-state index is 6.30. The minimum Gasteiger partial charge on any atom is -0.490 e. The Morgan fingerprint density at radius 2 is 2.24 bits per heavy atom. The summed E-state index contributed by atoms with van der Waals surface area (Å²) in [5, 5.41) is 4.16.